The Bertz CT molecular complexity index is 710. The Labute approximate surface area is 153 Å². The first-order valence-corrected chi connectivity index (χ1v) is 8.83. The minimum atomic E-state index is -0.382. The van der Waals surface area contributed by atoms with E-state index in [0.717, 1.165) is 0 Å². The van der Waals surface area contributed by atoms with Crippen LogP contribution in [0.3, 0.4) is 0 Å². The molecular formula is C19H26FN3O3. The van der Waals surface area contributed by atoms with Crippen molar-refractivity contribution in [1.29, 1.82) is 0 Å². The number of nitrogens with one attached hydrogen (secondary N) is 1. The number of nitrogens with zero attached hydrogens (tertiary/aromatic N) is 2. The lowest BCUT2D eigenvalue weighted by Crippen LogP contribution is -2.25. The van der Waals surface area contributed by atoms with Crippen molar-refractivity contribution in [2.24, 2.45) is 0 Å². The van der Waals surface area contributed by atoms with E-state index in [1.807, 2.05) is 20.8 Å². The molecule has 0 atom stereocenters. The van der Waals surface area contributed by atoms with Crippen molar-refractivity contribution in [1.82, 2.24) is 15.5 Å². The average molecular weight is 363 g/mol. The van der Waals surface area contributed by atoms with Gasteiger partial charge in [0.15, 0.2) is 17.4 Å². The highest BCUT2D eigenvalue weighted by atomic mass is 19.1. The van der Waals surface area contributed by atoms with Gasteiger partial charge in [-0.15, -0.1) is 0 Å². The number of hydrogen-bond donors (Lipinski definition) is 1. The van der Waals surface area contributed by atoms with Crippen LogP contribution in [-0.2, 0) is 16.6 Å². The number of hydrogen-bond acceptors (Lipinski definition) is 5. The van der Waals surface area contributed by atoms with E-state index in [1.54, 1.807) is 18.2 Å². The van der Waals surface area contributed by atoms with Crippen molar-refractivity contribution in [3.05, 3.63) is 41.8 Å². The number of ether oxygens (including phenoxy) is 1. The summed E-state index contributed by atoms with van der Waals surface area (Å²) in [6.45, 7) is 6.89. The summed E-state index contributed by atoms with van der Waals surface area (Å²) in [6, 6.07) is 6.26. The highest BCUT2D eigenvalue weighted by Crippen LogP contribution is 2.19. The molecular weight excluding hydrogens is 337 g/mol. The molecule has 7 heteroatoms. The molecule has 0 saturated heterocycles. The van der Waals surface area contributed by atoms with Gasteiger partial charge in [0.05, 0.1) is 6.61 Å². The zero-order valence-corrected chi connectivity index (χ0v) is 15.5. The molecule has 6 nitrogen and oxygen atoms in total. The van der Waals surface area contributed by atoms with Gasteiger partial charge in [-0.25, -0.2) is 4.39 Å². The smallest absolute Gasteiger partial charge is 0.226 e. The van der Waals surface area contributed by atoms with Crippen LogP contribution in [0.25, 0.3) is 0 Å². The molecule has 0 bridgehead atoms. The molecule has 0 fully saturated rings. The number of aryl methyl sites for hydroxylation is 1. The Hall–Kier alpha value is -2.44. The highest BCUT2D eigenvalue weighted by molar-refractivity contribution is 5.75. The van der Waals surface area contributed by atoms with Crippen molar-refractivity contribution in [3.63, 3.8) is 0 Å². The van der Waals surface area contributed by atoms with Crippen LogP contribution in [0.2, 0.25) is 0 Å². The van der Waals surface area contributed by atoms with Crippen molar-refractivity contribution >= 4 is 5.91 Å². The molecule has 1 aromatic heterocycles. The number of aromatic nitrogens is 2. The summed E-state index contributed by atoms with van der Waals surface area (Å²) in [5, 5.41) is 6.78. The molecule has 2 aromatic rings. The highest BCUT2D eigenvalue weighted by Gasteiger charge is 2.20. The quantitative estimate of drug-likeness (QED) is 0.691. The normalized spacial score (nSPS) is 11.4. The van der Waals surface area contributed by atoms with Crippen LogP contribution in [0.1, 0.15) is 51.7 Å². The predicted molar refractivity (Wildman–Crippen MR) is 95.5 cm³/mol. The maximum Gasteiger partial charge on any atom is 0.226 e. The van der Waals surface area contributed by atoms with Crippen LogP contribution in [0, 0.1) is 5.82 Å². The lowest BCUT2D eigenvalue weighted by molar-refractivity contribution is -0.121. The summed E-state index contributed by atoms with van der Waals surface area (Å²) >= 11 is 0. The molecule has 26 heavy (non-hydrogen) atoms. The van der Waals surface area contributed by atoms with E-state index < -0.39 is 0 Å². The summed E-state index contributed by atoms with van der Waals surface area (Å²) in [7, 11) is 0. The van der Waals surface area contributed by atoms with Gasteiger partial charge in [-0.2, -0.15) is 4.98 Å². The van der Waals surface area contributed by atoms with Crippen LogP contribution < -0.4 is 10.1 Å². The number of rotatable bonds is 9. The minimum absolute atomic E-state index is 0.0357. The van der Waals surface area contributed by atoms with E-state index in [-0.39, 0.29) is 22.9 Å². The number of benzene rings is 1. The van der Waals surface area contributed by atoms with Crippen molar-refractivity contribution in [3.8, 4) is 5.75 Å². The molecule has 0 spiro atoms. The molecule has 142 valence electrons. The summed E-state index contributed by atoms with van der Waals surface area (Å²) in [5.41, 5.74) is -0.149. The maximum absolute atomic E-state index is 13.4. The Kier molecular flexibility index (Phi) is 7.12. The SMILES string of the molecule is CC(C)(C)c1noc(CCCC(=O)NCCCOc2ccccc2F)n1. The first-order chi connectivity index (χ1) is 12.4. The zero-order chi connectivity index (χ0) is 19.0. The Morgan fingerprint density at radius 3 is 2.73 bits per heavy atom. The van der Waals surface area contributed by atoms with E-state index in [0.29, 0.717) is 50.6 Å². The minimum Gasteiger partial charge on any atom is -0.490 e. The summed E-state index contributed by atoms with van der Waals surface area (Å²) in [4.78, 5) is 16.2. The topological polar surface area (TPSA) is 77.2 Å². The van der Waals surface area contributed by atoms with Gasteiger partial charge in [0.2, 0.25) is 11.8 Å². The molecule has 0 saturated carbocycles. The van der Waals surface area contributed by atoms with Crippen LogP contribution in [0.15, 0.2) is 28.8 Å². The number of amides is 1. The van der Waals surface area contributed by atoms with Gasteiger partial charge in [-0.3, -0.25) is 4.79 Å². The molecule has 2 rings (SSSR count). The first kappa shape index (κ1) is 19.9. The fourth-order valence-corrected chi connectivity index (χ4v) is 2.19. The molecule has 0 aliphatic rings. The Morgan fingerprint density at radius 2 is 2.04 bits per heavy atom. The molecule has 1 aromatic carbocycles. The third-order valence-electron chi connectivity index (χ3n) is 3.67. The Balaban J connectivity index is 1.56. The fourth-order valence-electron chi connectivity index (χ4n) is 2.19. The lowest BCUT2D eigenvalue weighted by Gasteiger charge is -2.10. The summed E-state index contributed by atoms with van der Waals surface area (Å²) < 4.78 is 23.9. The Morgan fingerprint density at radius 1 is 1.27 bits per heavy atom. The van der Waals surface area contributed by atoms with Gasteiger partial charge in [-0.1, -0.05) is 38.1 Å². The maximum atomic E-state index is 13.4. The summed E-state index contributed by atoms with van der Waals surface area (Å²) in [5.74, 6) is 1.04. The third-order valence-corrected chi connectivity index (χ3v) is 3.67. The van der Waals surface area contributed by atoms with E-state index in [9.17, 15) is 9.18 Å². The van der Waals surface area contributed by atoms with E-state index in [1.165, 1.54) is 6.07 Å². The van der Waals surface area contributed by atoms with Gasteiger partial charge >= 0.3 is 0 Å². The molecule has 0 unspecified atom stereocenters. The molecule has 1 heterocycles. The van der Waals surface area contributed by atoms with Crippen LogP contribution in [0.5, 0.6) is 5.75 Å². The van der Waals surface area contributed by atoms with Crippen LogP contribution in [-0.4, -0.2) is 29.2 Å². The van der Waals surface area contributed by atoms with Gasteiger partial charge < -0.3 is 14.6 Å². The third kappa shape index (κ3) is 6.46. The van der Waals surface area contributed by atoms with Gasteiger partial charge in [0.1, 0.15) is 0 Å². The van der Waals surface area contributed by atoms with Gasteiger partial charge in [-0.05, 0) is 25.0 Å². The largest absolute Gasteiger partial charge is 0.490 e. The standard InChI is InChI=1S/C19H26FN3O3/c1-19(2,3)18-22-17(26-23-18)11-6-10-16(24)21-12-7-13-25-15-9-5-4-8-14(15)20/h4-5,8-9H,6-7,10-13H2,1-3H3,(H,21,24). The van der Waals surface area contributed by atoms with E-state index in [4.69, 9.17) is 9.26 Å². The second-order valence-electron chi connectivity index (χ2n) is 7.10. The number of carbonyl (C=O) groups is 1. The van der Waals surface area contributed by atoms with Gasteiger partial charge in [0, 0.05) is 24.8 Å². The van der Waals surface area contributed by atoms with Gasteiger partial charge in [0.25, 0.3) is 0 Å². The van der Waals surface area contributed by atoms with Crippen molar-refractivity contribution in [2.75, 3.05) is 13.2 Å². The monoisotopic (exact) mass is 363 g/mol. The van der Waals surface area contributed by atoms with E-state index >= 15 is 0 Å². The molecule has 0 aliphatic carbocycles. The molecule has 1 N–H and O–H groups in total. The molecule has 0 aliphatic heterocycles. The van der Waals surface area contributed by atoms with Crippen molar-refractivity contribution in [2.45, 2.75) is 51.9 Å². The molecule has 1 amide bonds. The number of para-hydroxylation sites is 1. The number of halogens is 1. The fraction of sp³-hybridized carbons (Fsp3) is 0.526. The predicted octanol–water partition coefficient (Wildman–Crippen LogP) is 3.41. The molecule has 0 radical (unpaired) electrons. The first-order valence-electron chi connectivity index (χ1n) is 8.83. The zero-order valence-electron chi connectivity index (χ0n) is 15.5. The second-order valence-corrected chi connectivity index (χ2v) is 7.10. The van der Waals surface area contributed by atoms with E-state index in [2.05, 4.69) is 15.5 Å². The van der Waals surface area contributed by atoms with Crippen molar-refractivity contribution < 1.29 is 18.4 Å². The average Bonchev–Trinajstić information content (AvgIpc) is 3.05. The lowest BCUT2D eigenvalue weighted by atomic mass is 9.96. The van der Waals surface area contributed by atoms with Crippen LogP contribution >= 0.6 is 0 Å². The number of carbonyl (C=O) groups excluding carboxylic acids is 1. The summed E-state index contributed by atoms with van der Waals surface area (Å²) in [6.07, 6.45) is 2.22. The van der Waals surface area contributed by atoms with Crippen LogP contribution in [0.4, 0.5) is 4.39 Å². The second kappa shape index (κ2) is 9.31.